The van der Waals surface area contributed by atoms with Crippen LogP contribution in [0.1, 0.15) is 47.3 Å². The first kappa shape index (κ1) is 26.4. The molecule has 0 radical (unpaired) electrons. The molecule has 6 heterocycles. The van der Waals surface area contributed by atoms with E-state index in [1.54, 1.807) is 10.9 Å². The number of fused-ring (bicyclic) bond motifs is 2. The van der Waals surface area contributed by atoms with Crippen molar-refractivity contribution in [2.45, 2.75) is 39.4 Å². The average molecular weight is 602 g/mol. The van der Waals surface area contributed by atoms with Crippen LogP contribution in [0.15, 0.2) is 61.2 Å². The molecular formula is C29H26Cl2N10O. The van der Waals surface area contributed by atoms with Crippen molar-refractivity contribution in [3.8, 4) is 22.6 Å². The third-order valence-corrected chi connectivity index (χ3v) is 7.87. The van der Waals surface area contributed by atoms with Gasteiger partial charge in [-0.3, -0.25) is 9.48 Å². The van der Waals surface area contributed by atoms with Gasteiger partial charge in [0.1, 0.15) is 22.9 Å². The van der Waals surface area contributed by atoms with E-state index in [-0.39, 0.29) is 11.8 Å². The van der Waals surface area contributed by atoms with Gasteiger partial charge in [0.05, 0.1) is 54.1 Å². The zero-order chi connectivity index (χ0) is 29.0. The zero-order valence-electron chi connectivity index (χ0n) is 22.9. The molecule has 212 valence electrons. The summed E-state index contributed by atoms with van der Waals surface area (Å²) in [5.74, 6) is 0.610. The Morgan fingerprint density at radius 2 is 1.81 bits per heavy atom. The lowest BCUT2D eigenvalue weighted by atomic mass is 10.1. The molecule has 0 fully saturated rings. The van der Waals surface area contributed by atoms with E-state index in [0.29, 0.717) is 53.4 Å². The number of carbonyl (C=O) groups excluding carboxylic acids is 1. The lowest BCUT2D eigenvalue weighted by molar-refractivity contribution is 0.0699. The molecule has 0 saturated heterocycles. The first-order valence-electron chi connectivity index (χ1n) is 13.6. The van der Waals surface area contributed by atoms with Gasteiger partial charge in [-0.2, -0.15) is 5.10 Å². The smallest absolute Gasteiger partial charge is 0.274 e. The van der Waals surface area contributed by atoms with Crippen molar-refractivity contribution in [3.63, 3.8) is 0 Å². The van der Waals surface area contributed by atoms with Gasteiger partial charge in [-0.1, -0.05) is 42.3 Å². The highest BCUT2D eigenvalue weighted by molar-refractivity contribution is 6.30. The molecule has 0 saturated carbocycles. The normalized spacial score (nSPS) is 13.3. The number of pyridine rings is 1. The molecule has 0 unspecified atom stereocenters. The fraction of sp³-hybridized carbons (Fsp3) is 0.241. The Kier molecular flexibility index (Phi) is 6.55. The SMILES string of the molecule is CC(C)c1[nH]c(-c2ccc(Cl)cc2)nc1C(=O)N1CCn2ncc(-c3cn(Cc4cn5cc(Cl)ccc5n4)nn3)c2C1. The van der Waals surface area contributed by atoms with Crippen LogP contribution in [0, 0.1) is 0 Å². The number of benzene rings is 1. The van der Waals surface area contributed by atoms with Crippen LogP contribution in [0.25, 0.3) is 28.3 Å². The van der Waals surface area contributed by atoms with E-state index in [1.807, 2.05) is 82.8 Å². The van der Waals surface area contributed by atoms with Crippen LogP contribution in [0.4, 0.5) is 0 Å². The fourth-order valence-electron chi connectivity index (χ4n) is 5.25. The maximum atomic E-state index is 13.8. The van der Waals surface area contributed by atoms with Crippen molar-refractivity contribution in [2.24, 2.45) is 0 Å². The molecule has 1 N–H and O–H groups in total. The number of rotatable bonds is 6. The predicted octanol–water partition coefficient (Wildman–Crippen LogP) is 5.31. The van der Waals surface area contributed by atoms with E-state index >= 15 is 0 Å². The standard InChI is InChI=1S/C29H26Cl2N10O/c1-17(2)26-27(35-28(34-26)18-3-5-19(30)6-4-18)29(42)38-9-10-41-24(16-38)22(11-32-41)23-15-40(37-36-23)14-21-13-39-12-20(31)7-8-25(39)33-21/h3-8,11-13,15,17H,9-10,14,16H2,1-2H3,(H,34,35). The number of aromatic nitrogens is 9. The van der Waals surface area contributed by atoms with Crippen LogP contribution in [-0.4, -0.2) is 61.5 Å². The van der Waals surface area contributed by atoms with E-state index in [4.69, 9.17) is 28.2 Å². The predicted molar refractivity (Wildman–Crippen MR) is 158 cm³/mol. The van der Waals surface area contributed by atoms with Crippen LogP contribution in [0.3, 0.4) is 0 Å². The Labute approximate surface area is 250 Å². The number of hydrogen-bond acceptors (Lipinski definition) is 6. The van der Waals surface area contributed by atoms with Gasteiger partial charge in [0, 0.05) is 35.1 Å². The quantitative estimate of drug-likeness (QED) is 0.277. The lowest BCUT2D eigenvalue weighted by Crippen LogP contribution is -2.39. The maximum absolute atomic E-state index is 13.8. The largest absolute Gasteiger partial charge is 0.341 e. The molecular weight excluding hydrogens is 575 g/mol. The van der Waals surface area contributed by atoms with E-state index in [2.05, 4.69) is 25.4 Å². The van der Waals surface area contributed by atoms with E-state index in [0.717, 1.165) is 33.9 Å². The molecule has 1 aliphatic heterocycles. The van der Waals surface area contributed by atoms with Crippen LogP contribution in [0.2, 0.25) is 10.0 Å². The molecule has 0 atom stereocenters. The minimum Gasteiger partial charge on any atom is -0.341 e. The summed E-state index contributed by atoms with van der Waals surface area (Å²) in [5, 5.41) is 14.6. The average Bonchev–Trinajstić information content (AvgIpc) is 3.77. The minimum atomic E-state index is -0.121. The monoisotopic (exact) mass is 600 g/mol. The second kappa shape index (κ2) is 10.4. The van der Waals surface area contributed by atoms with Gasteiger partial charge in [-0.25, -0.2) is 14.6 Å². The molecule has 42 heavy (non-hydrogen) atoms. The topological polar surface area (TPSA) is 115 Å². The summed E-state index contributed by atoms with van der Waals surface area (Å²) in [6, 6.07) is 11.1. The van der Waals surface area contributed by atoms with Crippen molar-refractivity contribution in [3.05, 3.63) is 94.0 Å². The molecule has 5 aromatic heterocycles. The van der Waals surface area contributed by atoms with Crippen LogP contribution in [0.5, 0.6) is 0 Å². The Hall–Kier alpha value is -4.48. The van der Waals surface area contributed by atoms with E-state index in [1.165, 1.54) is 0 Å². The Balaban J connectivity index is 1.13. The molecule has 0 bridgehead atoms. The van der Waals surface area contributed by atoms with Crippen molar-refractivity contribution in [2.75, 3.05) is 6.54 Å². The number of aromatic amines is 1. The van der Waals surface area contributed by atoms with E-state index in [9.17, 15) is 4.79 Å². The first-order valence-corrected chi connectivity index (χ1v) is 14.3. The van der Waals surface area contributed by atoms with Gasteiger partial charge >= 0.3 is 0 Å². The molecule has 0 spiro atoms. The summed E-state index contributed by atoms with van der Waals surface area (Å²) in [6.45, 7) is 6.03. The highest BCUT2D eigenvalue weighted by Gasteiger charge is 2.30. The number of carbonyl (C=O) groups is 1. The highest BCUT2D eigenvalue weighted by atomic mass is 35.5. The van der Waals surface area contributed by atoms with Crippen molar-refractivity contribution < 1.29 is 4.79 Å². The molecule has 0 aliphatic carbocycles. The van der Waals surface area contributed by atoms with Crippen LogP contribution >= 0.6 is 23.2 Å². The summed E-state index contributed by atoms with van der Waals surface area (Å²) in [7, 11) is 0. The van der Waals surface area contributed by atoms with Gasteiger partial charge in [0.25, 0.3) is 5.91 Å². The number of nitrogens with one attached hydrogen (secondary N) is 1. The van der Waals surface area contributed by atoms with Gasteiger partial charge in [0.2, 0.25) is 0 Å². The lowest BCUT2D eigenvalue weighted by Gasteiger charge is -2.28. The number of imidazole rings is 2. The Morgan fingerprint density at radius 1 is 1.00 bits per heavy atom. The second-order valence-electron chi connectivity index (χ2n) is 10.6. The highest BCUT2D eigenvalue weighted by Crippen LogP contribution is 2.29. The number of amides is 1. The van der Waals surface area contributed by atoms with Crippen LogP contribution in [-0.2, 0) is 19.6 Å². The van der Waals surface area contributed by atoms with Crippen LogP contribution < -0.4 is 0 Å². The Morgan fingerprint density at radius 3 is 2.62 bits per heavy atom. The molecule has 7 rings (SSSR count). The number of nitrogens with zero attached hydrogens (tertiary/aromatic N) is 9. The van der Waals surface area contributed by atoms with Gasteiger partial charge in [-0.15, -0.1) is 5.10 Å². The first-order chi connectivity index (χ1) is 20.3. The van der Waals surface area contributed by atoms with Gasteiger partial charge in [-0.05, 0) is 42.3 Å². The maximum Gasteiger partial charge on any atom is 0.274 e. The summed E-state index contributed by atoms with van der Waals surface area (Å²) >= 11 is 12.2. The molecule has 6 aromatic rings. The van der Waals surface area contributed by atoms with Crippen molar-refractivity contribution in [1.29, 1.82) is 0 Å². The van der Waals surface area contributed by atoms with E-state index < -0.39 is 0 Å². The number of H-pyrrole nitrogens is 1. The Bertz CT molecular complexity index is 1930. The molecule has 11 nitrogen and oxygen atoms in total. The summed E-state index contributed by atoms with van der Waals surface area (Å²) in [5.41, 5.74) is 6.19. The molecule has 1 aromatic carbocycles. The fourth-order valence-corrected chi connectivity index (χ4v) is 5.55. The molecule has 13 heteroatoms. The summed E-state index contributed by atoms with van der Waals surface area (Å²) < 4.78 is 5.56. The minimum absolute atomic E-state index is 0.0864. The number of hydrogen-bond donors (Lipinski definition) is 1. The van der Waals surface area contributed by atoms with Gasteiger partial charge < -0.3 is 14.3 Å². The third-order valence-electron chi connectivity index (χ3n) is 7.39. The third kappa shape index (κ3) is 4.84. The van der Waals surface area contributed by atoms with Crippen molar-refractivity contribution >= 4 is 34.8 Å². The zero-order valence-corrected chi connectivity index (χ0v) is 24.4. The number of halogens is 2. The molecule has 1 aliphatic rings. The molecule has 1 amide bonds. The summed E-state index contributed by atoms with van der Waals surface area (Å²) in [6.07, 6.45) is 7.40. The van der Waals surface area contributed by atoms with Gasteiger partial charge in [0.15, 0.2) is 0 Å². The summed E-state index contributed by atoms with van der Waals surface area (Å²) in [4.78, 5) is 28.4. The van der Waals surface area contributed by atoms with Crippen molar-refractivity contribution in [1.82, 2.24) is 49.0 Å². The second-order valence-corrected chi connectivity index (χ2v) is 11.5.